The van der Waals surface area contributed by atoms with Crippen LogP contribution in [0.5, 0.6) is 0 Å². The predicted molar refractivity (Wildman–Crippen MR) is 132 cm³/mol. The summed E-state index contributed by atoms with van der Waals surface area (Å²) in [4.78, 5) is 18.3. The zero-order chi connectivity index (χ0) is 28.5. The lowest BCUT2D eigenvalue weighted by Crippen LogP contribution is -2.41. The molecule has 204 valence electrons. The second-order valence-corrected chi connectivity index (χ2v) is 9.34. The molecule has 1 atom stereocenters. The molecule has 0 radical (unpaired) electrons. The molecule has 1 aliphatic heterocycles. The number of halogens is 6. The number of nitrogens with two attached hydrogens (primary N) is 1. The highest BCUT2D eigenvalue weighted by Crippen LogP contribution is 2.33. The van der Waals surface area contributed by atoms with Crippen LogP contribution in [0.1, 0.15) is 39.6 Å². The zero-order valence-corrected chi connectivity index (χ0v) is 20.8. The summed E-state index contributed by atoms with van der Waals surface area (Å²) in [7, 11) is 0. The average molecular weight is 567 g/mol. The Morgan fingerprint density at radius 2 is 1.79 bits per heavy atom. The first-order valence-electron chi connectivity index (χ1n) is 11.5. The molecule has 1 aromatic heterocycles. The summed E-state index contributed by atoms with van der Waals surface area (Å²) < 4.78 is 82.7. The van der Waals surface area contributed by atoms with Crippen LogP contribution in [-0.2, 0) is 25.7 Å². The minimum Gasteiger partial charge on any atom is -0.358 e. The van der Waals surface area contributed by atoms with Crippen molar-refractivity contribution < 1.29 is 31.1 Å². The molecule has 2 aromatic carbocycles. The first-order valence-corrected chi connectivity index (χ1v) is 11.9. The van der Waals surface area contributed by atoms with Crippen molar-refractivity contribution in [2.75, 3.05) is 11.9 Å². The number of amides is 1. The van der Waals surface area contributed by atoms with Crippen molar-refractivity contribution in [1.29, 1.82) is 5.26 Å². The van der Waals surface area contributed by atoms with E-state index in [1.165, 1.54) is 24.3 Å². The van der Waals surface area contributed by atoms with Crippen LogP contribution in [0.3, 0.4) is 0 Å². The minimum atomic E-state index is -4.82. The van der Waals surface area contributed by atoms with E-state index in [2.05, 4.69) is 10.3 Å². The van der Waals surface area contributed by atoms with Gasteiger partial charge in [0.2, 0.25) is 5.82 Å². The van der Waals surface area contributed by atoms with Gasteiger partial charge in [0, 0.05) is 37.3 Å². The Labute approximate surface area is 223 Å². The molecule has 0 unspecified atom stereocenters. The fourth-order valence-corrected chi connectivity index (χ4v) is 4.60. The Kier molecular flexibility index (Phi) is 7.94. The lowest BCUT2D eigenvalue weighted by Gasteiger charge is -2.32. The number of anilines is 1. The topological polar surface area (TPSA) is 100.0 Å². The van der Waals surface area contributed by atoms with E-state index in [1.807, 2.05) is 6.07 Å². The molecule has 0 spiro atoms. The van der Waals surface area contributed by atoms with Crippen molar-refractivity contribution in [1.82, 2.24) is 14.5 Å². The number of thiocarbonyl (C=S) groups is 1. The van der Waals surface area contributed by atoms with Gasteiger partial charge in [-0.1, -0.05) is 12.2 Å². The van der Waals surface area contributed by atoms with Crippen molar-refractivity contribution in [3.63, 3.8) is 0 Å². The number of nitrogens with zero attached hydrogens (tertiary/aromatic N) is 4. The molecule has 0 saturated carbocycles. The van der Waals surface area contributed by atoms with Crippen molar-refractivity contribution in [2.24, 2.45) is 5.73 Å². The van der Waals surface area contributed by atoms with E-state index >= 15 is 0 Å². The highest BCUT2D eigenvalue weighted by molar-refractivity contribution is 7.80. The molecule has 3 aromatic rings. The fourth-order valence-electron chi connectivity index (χ4n) is 4.23. The van der Waals surface area contributed by atoms with Crippen LogP contribution in [0.15, 0.2) is 36.4 Å². The van der Waals surface area contributed by atoms with E-state index in [4.69, 9.17) is 23.2 Å². The number of fused-ring (bicyclic) bond motifs is 1. The third-order valence-electron chi connectivity index (χ3n) is 6.11. The second kappa shape index (κ2) is 11.0. The van der Waals surface area contributed by atoms with Crippen LogP contribution >= 0.6 is 12.2 Å². The molecule has 3 N–H and O–H groups in total. The quantitative estimate of drug-likeness (QED) is 0.258. The predicted octanol–water partition coefficient (Wildman–Crippen LogP) is 4.55. The first kappa shape index (κ1) is 28.1. The Morgan fingerprint density at radius 1 is 1.13 bits per heavy atom. The smallest absolute Gasteiger partial charge is 0.358 e. The molecule has 1 amide bonds. The van der Waals surface area contributed by atoms with Gasteiger partial charge >= 0.3 is 6.18 Å². The van der Waals surface area contributed by atoms with Crippen LogP contribution in [0.2, 0.25) is 0 Å². The van der Waals surface area contributed by atoms with Crippen LogP contribution in [-0.4, -0.2) is 37.9 Å². The van der Waals surface area contributed by atoms with Crippen LogP contribution in [0, 0.1) is 28.8 Å². The molecule has 2 heterocycles. The molecule has 0 aliphatic carbocycles. The molecule has 7 nitrogen and oxygen atoms in total. The summed E-state index contributed by atoms with van der Waals surface area (Å²) in [5.74, 6) is -5.62. The number of benzene rings is 2. The minimum absolute atomic E-state index is 0.000799. The Bertz CT molecular complexity index is 1460. The number of carbonyl (C=O) groups is 1. The number of rotatable bonds is 6. The van der Waals surface area contributed by atoms with Gasteiger partial charge < -0.3 is 20.5 Å². The molecule has 1 aliphatic rings. The number of alkyl halides is 3. The third kappa shape index (κ3) is 6.21. The Hall–Kier alpha value is -3.96. The number of nitriles is 1. The Balaban J connectivity index is 1.52. The molecule has 0 bridgehead atoms. The van der Waals surface area contributed by atoms with Crippen LogP contribution in [0.4, 0.5) is 32.0 Å². The van der Waals surface area contributed by atoms with Crippen molar-refractivity contribution >= 4 is 28.8 Å². The normalized spacial score (nSPS) is 13.9. The summed E-state index contributed by atoms with van der Waals surface area (Å²) >= 11 is 5.43. The number of nitrogens with one attached hydrogen (secondary N) is 1. The summed E-state index contributed by atoms with van der Waals surface area (Å²) in [5.41, 5.74) is 6.06. The monoisotopic (exact) mass is 566 g/mol. The third-order valence-corrected chi connectivity index (χ3v) is 6.53. The molecule has 0 saturated heterocycles. The van der Waals surface area contributed by atoms with E-state index < -0.39 is 47.1 Å². The van der Waals surface area contributed by atoms with E-state index in [0.717, 1.165) is 4.57 Å². The van der Waals surface area contributed by atoms with Crippen molar-refractivity contribution in [3.05, 3.63) is 82.2 Å². The van der Waals surface area contributed by atoms with E-state index in [9.17, 15) is 31.1 Å². The van der Waals surface area contributed by atoms with Crippen LogP contribution in [0.25, 0.3) is 0 Å². The van der Waals surface area contributed by atoms with E-state index in [-0.39, 0.29) is 54.4 Å². The van der Waals surface area contributed by atoms with Gasteiger partial charge in [0.1, 0.15) is 5.82 Å². The maximum atomic E-state index is 14.0. The number of aromatic nitrogens is 2. The lowest BCUT2D eigenvalue weighted by molar-refractivity contribution is -0.147. The number of hydrogen-bond donors (Lipinski definition) is 2. The highest BCUT2D eigenvalue weighted by atomic mass is 32.1. The molecular formula is C25H20F6N6OS. The summed E-state index contributed by atoms with van der Waals surface area (Å²) in [6, 6.07) is 8.00. The van der Waals surface area contributed by atoms with Gasteiger partial charge in [-0.25, -0.2) is 18.2 Å². The highest BCUT2D eigenvalue weighted by Gasteiger charge is 2.41. The van der Waals surface area contributed by atoms with Gasteiger partial charge in [0.05, 0.1) is 28.9 Å². The second-order valence-electron chi connectivity index (χ2n) is 8.86. The van der Waals surface area contributed by atoms with Crippen molar-refractivity contribution in [2.45, 2.75) is 38.1 Å². The van der Waals surface area contributed by atoms with Gasteiger partial charge in [-0.2, -0.15) is 18.4 Å². The van der Waals surface area contributed by atoms with Gasteiger partial charge in [-0.05, 0) is 42.3 Å². The number of hydrogen-bond acceptors (Lipinski definition) is 5. The van der Waals surface area contributed by atoms with Gasteiger partial charge in [0.15, 0.2) is 17.3 Å². The number of imidazole rings is 1. The standard InChI is InChI=1S/C25H20F6N6OS/c26-17-10-19(28)18(27)8-14(17)7-15(33)9-21(39)36-5-6-37-20(12-36)22(35-24(37)25(29,30)31)23(38)34-16-3-1-13(11-32)2-4-16/h1-4,8,10,15H,5-7,9,12,33H2,(H,34,38)/t15-/m0/s1. The maximum Gasteiger partial charge on any atom is 0.449 e. The van der Waals surface area contributed by atoms with E-state index in [1.54, 1.807) is 4.90 Å². The largest absolute Gasteiger partial charge is 0.449 e. The maximum absolute atomic E-state index is 14.0. The summed E-state index contributed by atoms with van der Waals surface area (Å²) in [6.07, 6.45) is -4.98. The van der Waals surface area contributed by atoms with Crippen molar-refractivity contribution in [3.8, 4) is 6.07 Å². The zero-order valence-electron chi connectivity index (χ0n) is 20.0. The first-order chi connectivity index (χ1) is 18.4. The molecule has 39 heavy (non-hydrogen) atoms. The van der Waals surface area contributed by atoms with Gasteiger partial charge in [-0.3, -0.25) is 4.79 Å². The summed E-state index contributed by atoms with van der Waals surface area (Å²) in [5, 5.41) is 11.4. The summed E-state index contributed by atoms with van der Waals surface area (Å²) in [6.45, 7) is -0.285. The average Bonchev–Trinajstić information content (AvgIpc) is 3.27. The van der Waals surface area contributed by atoms with Crippen LogP contribution < -0.4 is 11.1 Å². The molecule has 4 rings (SSSR count). The van der Waals surface area contributed by atoms with Gasteiger partial charge in [0.25, 0.3) is 5.91 Å². The van der Waals surface area contributed by atoms with Gasteiger partial charge in [-0.15, -0.1) is 0 Å². The fraction of sp³-hybridized carbons (Fsp3) is 0.280. The SMILES string of the molecule is N#Cc1ccc(NC(=O)c2nc(C(F)(F)F)n3c2CN(C(=S)C[C@@H](N)Cc2cc(F)c(F)cc2F)CC3)cc1. The lowest BCUT2D eigenvalue weighted by atomic mass is 10.0. The Morgan fingerprint density at radius 3 is 2.44 bits per heavy atom. The molecule has 0 fully saturated rings. The molecule has 14 heteroatoms. The molecular weight excluding hydrogens is 546 g/mol. The number of carbonyl (C=O) groups excluding carboxylic acids is 1. The van der Waals surface area contributed by atoms with E-state index in [0.29, 0.717) is 17.7 Å².